The minimum Gasteiger partial charge on any atom is -0.496 e. The van der Waals surface area contributed by atoms with E-state index in [4.69, 9.17) is 9.84 Å². The summed E-state index contributed by atoms with van der Waals surface area (Å²) in [6, 6.07) is 16.4. The zero-order valence-electron chi connectivity index (χ0n) is 17.4. The molecule has 0 radical (unpaired) electrons. The van der Waals surface area contributed by atoms with Crippen molar-refractivity contribution in [3.8, 4) is 5.75 Å². The van der Waals surface area contributed by atoms with E-state index >= 15 is 0 Å². The minimum atomic E-state index is -0.138. The Morgan fingerprint density at radius 1 is 1.10 bits per heavy atom. The first kappa shape index (κ1) is 20.7. The molecule has 3 heterocycles. The number of ether oxygens (including phenoxy) is 1. The second-order valence-corrected chi connectivity index (χ2v) is 10.4. The van der Waals surface area contributed by atoms with Crippen LogP contribution in [0.15, 0.2) is 64.1 Å². The highest BCUT2D eigenvalue weighted by atomic mass is 32.2. The van der Waals surface area contributed by atoms with Gasteiger partial charge in [-0.15, -0.1) is 16.9 Å². The van der Waals surface area contributed by atoms with Gasteiger partial charge in [-0.1, -0.05) is 42.1 Å². The molecular weight excluding hydrogens is 448 g/mol. The number of fused-ring (bicyclic) bond motifs is 1. The fraction of sp³-hybridized carbons (Fsp3) is 0.273. The van der Waals surface area contributed by atoms with Crippen molar-refractivity contribution in [1.29, 1.82) is 0 Å². The van der Waals surface area contributed by atoms with Crippen molar-refractivity contribution < 1.29 is 9.53 Å². The Kier molecular flexibility index (Phi) is 5.58. The number of carbonyl (C=O) groups excluding carboxylic acids is 1. The second-order valence-electron chi connectivity index (χ2n) is 7.43. The monoisotopic (exact) mass is 470 g/mol. The molecule has 2 unspecified atom stereocenters. The Balaban J connectivity index is 1.42. The van der Waals surface area contributed by atoms with Crippen LogP contribution in [0.2, 0.25) is 0 Å². The van der Waals surface area contributed by atoms with Gasteiger partial charge in [-0.3, -0.25) is 9.69 Å². The fourth-order valence-electron chi connectivity index (χ4n) is 3.71. The van der Waals surface area contributed by atoms with Crippen LogP contribution in [0.5, 0.6) is 5.75 Å². The Morgan fingerprint density at radius 2 is 1.87 bits per heavy atom. The third-order valence-electron chi connectivity index (χ3n) is 5.31. The number of amides is 1. The van der Waals surface area contributed by atoms with E-state index in [1.54, 1.807) is 42.4 Å². The number of para-hydroxylation sites is 1. The van der Waals surface area contributed by atoms with Crippen LogP contribution in [0.3, 0.4) is 0 Å². The average molecular weight is 471 g/mol. The maximum atomic E-state index is 12.8. The molecular formula is C22H22N4O2S3. The van der Waals surface area contributed by atoms with Crippen LogP contribution < -0.4 is 9.64 Å². The van der Waals surface area contributed by atoms with Gasteiger partial charge in [0.1, 0.15) is 21.5 Å². The first-order chi connectivity index (χ1) is 15.1. The number of methoxy groups -OCH3 is 1. The number of hydrogen-bond acceptors (Lipinski definition) is 8. The van der Waals surface area contributed by atoms with E-state index in [9.17, 15) is 4.79 Å². The van der Waals surface area contributed by atoms with Gasteiger partial charge in [0, 0.05) is 30.8 Å². The van der Waals surface area contributed by atoms with Gasteiger partial charge in [-0.2, -0.15) is 0 Å². The lowest BCUT2D eigenvalue weighted by Gasteiger charge is -2.24. The van der Waals surface area contributed by atoms with E-state index in [-0.39, 0.29) is 16.7 Å². The summed E-state index contributed by atoms with van der Waals surface area (Å²) in [5, 5.41) is 10.8. The molecule has 160 valence electrons. The van der Waals surface area contributed by atoms with Crippen molar-refractivity contribution in [3.63, 3.8) is 0 Å². The first-order valence-corrected chi connectivity index (χ1v) is 12.6. The van der Waals surface area contributed by atoms with Crippen molar-refractivity contribution in [2.24, 2.45) is 5.10 Å². The summed E-state index contributed by atoms with van der Waals surface area (Å²) >= 11 is 4.92. The Bertz CT molecular complexity index is 1070. The van der Waals surface area contributed by atoms with Gasteiger partial charge < -0.3 is 9.64 Å². The van der Waals surface area contributed by atoms with Crippen molar-refractivity contribution in [2.75, 3.05) is 31.9 Å². The molecule has 0 saturated carbocycles. The lowest BCUT2D eigenvalue weighted by Crippen LogP contribution is -2.32. The summed E-state index contributed by atoms with van der Waals surface area (Å²) in [5.41, 5.74) is 3.35. The third-order valence-corrected chi connectivity index (χ3v) is 8.72. The molecule has 5 rings (SSSR count). The molecule has 0 spiro atoms. The highest BCUT2D eigenvalue weighted by Crippen LogP contribution is 2.53. The van der Waals surface area contributed by atoms with Gasteiger partial charge in [-0.25, -0.2) is 5.01 Å². The predicted molar refractivity (Wildman–Crippen MR) is 131 cm³/mol. The summed E-state index contributed by atoms with van der Waals surface area (Å²) in [4.78, 5) is 16.8. The van der Waals surface area contributed by atoms with E-state index in [0.29, 0.717) is 5.75 Å². The van der Waals surface area contributed by atoms with Gasteiger partial charge in [0.25, 0.3) is 0 Å². The largest absolute Gasteiger partial charge is 0.496 e. The molecule has 0 aliphatic carbocycles. The Morgan fingerprint density at radius 3 is 2.61 bits per heavy atom. The molecule has 0 bridgehead atoms. The molecule has 1 fully saturated rings. The molecule has 1 amide bonds. The van der Waals surface area contributed by atoms with Gasteiger partial charge >= 0.3 is 0 Å². The number of hydrazone groups is 1. The van der Waals surface area contributed by atoms with Crippen LogP contribution in [0, 0.1) is 0 Å². The topological polar surface area (TPSA) is 48.4 Å². The molecule has 3 aliphatic heterocycles. The summed E-state index contributed by atoms with van der Waals surface area (Å²) in [6.07, 6.45) is 0. The van der Waals surface area contributed by atoms with Crippen LogP contribution in [-0.4, -0.2) is 47.9 Å². The molecule has 3 aliphatic rings. The second kappa shape index (κ2) is 8.37. The number of nitrogens with zero attached hydrogens (tertiary/aromatic N) is 4. The van der Waals surface area contributed by atoms with Crippen molar-refractivity contribution >= 4 is 52.0 Å². The summed E-state index contributed by atoms with van der Waals surface area (Å²) < 4.78 is 5.55. The molecule has 2 aromatic rings. The molecule has 31 heavy (non-hydrogen) atoms. The zero-order chi connectivity index (χ0) is 21.5. The molecule has 0 N–H and O–H groups in total. The Hall–Kier alpha value is -2.23. The van der Waals surface area contributed by atoms with Crippen LogP contribution in [0.25, 0.3) is 0 Å². The smallest absolute Gasteiger partial charge is 0.239 e. The van der Waals surface area contributed by atoms with Crippen molar-refractivity contribution in [1.82, 2.24) is 9.91 Å². The highest BCUT2D eigenvalue weighted by molar-refractivity contribution is 8.18. The lowest BCUT2D eigenvalue weighted by atomic mass is 10.2. The number of anilines is 1. The predicted octanol–water partition coefficient (Wildman–Crippen LogP) is 4.90. The van der Waals surface area contributed by atoms with Crippen LogP contribution in [-0.2, 0) is 4.79 Å². The SMILES string of the molecule is COc1ccccc1C1SCC(=O)N1C1=NN2C(=CSC2c2ccc(N(C)C)cc2)S1. The number of carbonyl (C=O) groups is 1. The summed E-state index contributed by atoms with van der Waals surface area (Å²) in [6.45, 7) is 0. The van der Waals surface area contributed by atoms with Crippen molar-refractivity contribution in [3.05, 3.63) is 70.1 Å². The third kappa shape index (κ3) is 3.68. The Labute approximate surface area is 194 Å². The number of rotatable bonds is 4. The number of benzene rings is 2. The van der Waals surface area contributed by atoms with Crippen LogP contribution in [0.4, 0.5) is 5.69 Å². The quantitative estimate of drug-likeness (QED) is 0.630. The van der Waals surface area contributed by atoms with Crippen LogP contribution >= 0.6 is 35.3 Å². The van der Waals surface area contributed by atoms with Gasteiger partial charge in [0.2, 0.25) is 5.91 Å². The van der Waals surface area contributed by atoms with Gasteiger partial charge in [0.05, 0.1) is 12.9 Å². The average Bonchev–Trinajstić information content (AvgIpc) is 3.47. The van der Waals surface area contributed by atoms with Gasteiger partial charge in [-0.05, 0) is 35.5 Å². The van der Waals surface area contributed by atoms with Gasteiger partial charge in [0.15, 0.2) is 5.17 Å². The van der Waals surface area contributed by atoms with E-state index in [1.165, 1.54) is 11.3 Å². The molecule has 2 aromatic carbocycles. The maximum Gasteiger partial charge on any atom is 0.239 e. The number of thioether (sulfide) groups is 3. The van der Waals surface area contributed by atoms with E-state index in [1.807, 2.05) is 48.3 Å². The fourth-order valence-corrected chi connectivity index (χ4v) is 7.19. The molecule has 1 saturated heterocycles. The normalized spacial score (nSPS) is 22.5. The highest BCUT2D eigenvalue weighted by Gasteiger charge is 2.43. The number of hydrogen-bond donors (Lipinski definition) is 0. The zero-order valence-corrected chi connectivity index (χ0v) is 19.8. The maximum absolute atomic E-state index is 12.8. The molecule has 6 nitrogen and oxygen atoms in total. The van der Waals surface area contributed by atoms with Crippen LogP contribution in [0.1, 0.15) is 21.9 Å². The standard InChI is InChI=1S/C22H22N4O2S3/c1-24(2)15-10-8-14(9-11-15)20-26-19(13-30-20)31-22(23-26)25-18(27)12-29-21(25)16-6-4-5-7-17(16)28-3/h4-11,13,20-21H,12H2,1-3H3. The number of amidine groups is 1. The van der Waals surface area contributed by atoms with E-state index < -0.39 is 0 Å². The first-order valence-electron chi connectivity index (χ1n) is 9.82. The van der Waals surface area contributed by atoms with E-state index in [2.05, 4.69) is 34.6 Å². The summed E-state index contributed by atoms with van der Waals surface area (Å²) in [7, 11) is 5.74. The molecule has 9 heteroatoms. The lowest BCUT2D eigenvalue weighted by molar-refractivity contribution is -0.124. The molecule has 0 aromatic heterocycles. The van der Waals surface area contributed by atoms with E-state index in [0.717, 1.165) is 21.5 Å². The summed E-state index contributed by atoms with van der Waals surface area (Å²) in [5.74, 6) is 1.30. The van der Waals surface area contributed by atoms with Crippen molar-refractivity contribution in [2.45, 2.75) is 10.7 Å². The minimum absolute atomic E-state index is 0.0753. The molecule has 2 atom stereocenters.